The maximum Gasteiger partial charge on any atom is 0.338 e. The number of carbonyl (C=O) groups is 2. The van der Waals surface area contributed by atoms with E-state index < -0.39 is 12.1 Å². The third-order valence-corrected chi connectivity index (χ3v) is 3.09. The van der Waals surface area contributed by atoms with E-state index in [1.54, 1.807) is 24.3 Å². The Labute approximate surface area is 101 Å². The molecule has 1 aliphatic rings. The number of ether oxygens (including phenoxy) is 1. The zero-order chi connectivity index (χ0) is 12.3. The molecule has 1 aromatic rings. The summed E-state index contributed by atoms with van der Waals surface area (Å²) >= 11 is 0. The summed E-state index contributed by atoms with van der Waals surface area (Å²) in [4.78, 5) is 23.5. The molecule has 0 spiro atoms. The van der Waals surface area contributed by atoms with Crippen molar-refractivity contribution in [1.29, 1.82) is 0 Å². The third kappa shape index (κ3) is 2.93. The molecule has 0 N–H and O–H groups in total. The highest BCUT2D eigenvalue weighted by Gasteiger charge is 2.29. The third-order valence-electron chi connectivity index (χ3n) is 3.09. The predicted molar refractivity (Wildman–Crippen MR) is 63.7 cm³/mol. The lowest BCUT2D eigenvalue weighted by Crippen LogP contribution is -2.32. The second-order valence-corrected chi connectivity index (χ2v) is 4.61. The van der Waals surface area contributed by atoms with Gasteiger partial charge >= 0.3 is 5.97 Å². The van der Waals surface area contributed by atoms with Crippen molar-refractivity contribution in [3.8, 4) is 0 Å². The summed E-state index contributed by atoms with van der Waals surface area (Å²) in [6.07, 6.45) is 1.57. The van der Waals surface area contributed by atoms with Crippen LogP contribution in [0.3, 0.4) is 0 Å². The molecule has 1 saturated carbocycles. The van der Waals surface area contributed by atoms with Gasteiger partial charge in [-0.15, -0.1) is 0 Å². The van der Waals surface area contributed by atoms with Gasteiger partial charge in [0.15, 0.2) is 11.9 Å². The molecule has 0 bridgehead atoms. The van der Waals surface area contributed by atoms with Crippen LogP contribution in [-0.4, -0.2) is 17.9 Å². The van der Waals surface area contributed by atoms with E-state index in [0.717, 1.165) is 6.42 Å². The molecule has 3 heteroatoms. The fourth-order valence-electron chi connectivity index (χ4n) is 2.07. The lowest BCUT2D eigenvalue weighted by molar-refractivity contribution is -0.131. The Balaban J connectivity index is 1.98. The van der Waals surface area contributed by atoms with Crippen LogP contribution in [-0.2, 0) is 9.53 Å². The molecule has 1 aromatic carbocycles. The van der Waals surface area contributed by atoms with Gasteiger partial charge in [0, 0.05) is 6.42 Å². The quantitative estimate of drug-likeness (QED) is 0.736. The molecule has 0 saturated heterocycles. The van der Waals surface area contributed by atoms with Gasteiger partial charge in [-0.05, 0) is 30.9 Å². The van der Waals surface area contributed by atoms with Gasteiger partial charge in [-0.3, -0.25) is 4.79 Å². The zero-order valence-electron chi connectivity index (χ0n) is 9.89. The molecule has 2 rings (SSSR count). The molecule has 1 fully saturated rings. The van der Waals surface area contributed by atoms with E-state index in [1.807, 2.05) is 13.0 Å². The highest BCUT2D eigenvalue weighted by atomic mass is 16.5. The molecular weight excluding hydrogens is 216 g/mol. The first-order valence-corrected chi connectivity index (χ1v) is 5.95. The Morgan fingerprint density at radius 1 is 1.24 bits per heavy atom. The molecule has 0 aliphatic heterocycles. The van der Waals surface area contributed by atoms with Crippen molar-refractivity contribution in [3.05, 3.63) is 35.9 Å². The van der Waals surface area contributed by atoms with Crippen LogP contribution in [0.15, 0.2) is 30.3 Å². The highest BCUT2D eigenvalue weighted by Crippen LogP contribution is 2.23. The molecule has 0 aromatic heterocycles. The number of hydrogen-bond donors (Lipinski definition) is 0. The molecular formula is C14H16O3. The number of carbonyl (C=O) groups excluding carboxylic acids is 2. The SMILES string of the molecule is C[C@@H]1CC[C@H](OC(=O)c2ccccc2)C(=O)C1. The highest BCUT2D eigenvalue weighted by molar-refractivity contribution is 5.93. The Bertz CT molecular complexity index is 411. The van der Waals surface area contributed by atoms with E-state index >= 15 is 0 Å². The van der Waals surface area contributed by atoms with Crippen molar-refractivity contribution in [2.45, 2.75) is 32.3 Å². The Kier molecular flexibility index (Phi) is 3.57. The minimum atomic E-state index is -0.543. The molecule has 0 unspecified atom stereocenters. The average molecular weight is 232 g/mol. The van der Waals surface area contributed by atoms with Crippen LogP contribution in [0.25, 0.3) is 0 Å². The summed E-state index contributed by atoms with van der Waals surface area (Å²) in [7, 11) is 0. The minimum absolute atomic E-state index is 0.0491. The molecule has 0 radical (unpaired) electrons. The number of ketones is 1. The van der Waals surface area contributed by atoms with Crippen molar-refractivity contribution in [3.63, 3.8) is 0 Å². The minimum Gasteiger partial charge on any atom is -0.451 e. The van der Waals surface area contributed by atoms with Crippen LogP contribution in [0.1, 0.15) is 36.5 Å². The van der Waals surface area contributed by atoms with Gasteiger partial charge in [-0.25, -0.2) is 4.79 Å². The second-order valence-electron chi connectivity index (χ2n) is 4.61. The fourth-order valence-corrected chi connectivity index (χ4v) is 2.07. The molecule has 1 aliphatic carbocycles. The first-order chi connectivity index (χ1) is 8.16. The maximum atomic E-state index is 11.8. The van der Waals surface area contributed by atoms with Gasteiger partial charge in [-0.1, -0.05) is 25.1 Å². The zero-order valence-corrected chi connectivity index (χ0v) is 9.89. The Hall–Kier alpha value is -1.64. The van der Waals surface area contributed by atoms with Gasteiger partial charge in [0.2, 0.25) is 0 Å². The standard InChI is InChI=1S/C14H16O3/c1-10-7-8-13(12(15)9-10)17-14(16)11-5-3-2-4-6-11/h2-6,10,13H,7-9H2,1H3/t10-,13+/m1/s1. The van der Waals surface area contributed by atoms with Crippen LogP contribution < -0.4 is 0 Å². The molecule has 3 nitrogen and oxygen atoms in total. The summed E-state index contributed by atoms with van der Waals surface area (Å²) < 4.78 is 5.25. The van der Waals surface area contributed by atoms with E-state index in [9.17, 15) is 9.59 Å². The Morgan fingerprint density at radius 2 is 1.94 bits per heavy atom. The van der Waals surface area contributed by atoms with Crippen molar-refractivity contribution < 1.29 is 14.3 Å². The fraction of sp³-hybridized carbons (Fsp3) is 0.429. The second kappa shape index (κ2) is 5.13. The van der Waals surface area contributed by atoms with Crippen LogP contribution in [0.5, 0.6) is 0 Å². The summed E-state index contributed by atoms with van der Waals surface area (Å²) in [5.41, 5.74) is 0.499. The largest absolute Gasteiger partial charge is 0.451 e. The number of Topliss-reactive ketones (excluding diaryl/α,β-unsaturated/α-hetero) is 1. The van der Waals surface area contributed by atoms with E-state index in [1.165, 1.54) is 0 Å². The first-order valence-electron chi connectivity index (χ1n) is 5.95. The van der Waals surface area contributed by atoms with Gasteiger partial charge in [0.1, 0.15) is 0 Å². The van der Waals surface area contributed by atoms with Gasteiger partial charge in [0.25, 0.3) is 0 Å². The average Bonchev–Trinajstić information content (AvgIpc) is 2.34. The van der Waals surface area contributed by atoms with Crippen LogP contribution >= 0.6 is 0 Å². The predicted octanol–water partition coefficient (Wildman–Crippen LogP) is 2.60. The molecule has 0 heterocycles. The van der Waals surface area contributed by atoms with Crippen molar-refractivity contribution in [1.82, 2.24) is 0 Å². The van der Waals surface area contributed by atoms with E-state index in [4.69, 9.17) is 4.74 Å². The van der Waals surface area contributed by atoms with E-state index in [0.29, 0.717) is 24.3 Å². The first kappa shape index (κ1) is 11.8. The maximum absolute atomic E-state index is 11.8. The van der Waals surface area contributed by atoms with Gasteiger partial charge in [0.05, 0.1) is 5.56 Å². The summed E-state index contributed by atoms with van der Waals surface area (Å²) in [5, 5.41) is 0. The number of esters is 1. The lowest BCUT2D eigenvalue weighted by Gasteiger charge is -2.24. The van der Waals surface area contributed by atoms with Crippen molar-refractivity contribution in [2.24, 2.45) is 5.92 Å². The van der Waals surface area contributed by atoms with Crippen LogP contribution in [0, 0.1) is 5.92 Å². The lowest BCUT2D eigenvalue weighted by atomic mass is 9.88. The van der Waals surface area contributed by atoms with Crippen LogP contribution in [0.4, 0.5) is 0 Å². The summed E-state index contributed by atoms with van der Waals surface area (Å²) in [6, 6.07) is 8.78. The molecule has 0 amide bonds. The van der Waals surface area contributed by atoms with Crippen LogP contribution in [0.2, 0.25) is 0 Å². The smallest absolute Gasteiger partial charge is 0.338 e. The van der Waals surface area contributed by atoms with Crippen molar-refractivity contribution >= 4 is 11.8 Å². The van der Waals surface area contributed by atoms with Gasteiger partial charge in [-0.2, -0.15) is 0 Å². The topological polar surface area (TPSA) is 43.4 Å². The summed E-state index contributed by atoms with van der Waals surface area (Å²) in [6.45, 7) is 2.05. The van der Waals surface area contributed by atoms with Crippen molar-refractivity contribution in [2.75, 3.05) is 0 Å². The molecule has 90 valence electrons. The van der Waals surface area contributed by atoms with E-state index in [-0.39, 0.29) is 5.78 Å². The number of benzene rings is 1. The monoisotopic (exact) mass is 232 g/mol. The number of hydrogen-bond acceptors (Lipinski definition) is 3. The molecule has 2 atom stereocenters. The summed E-state index contributed by atoms with van der Waals surface area (Å²) in [5.74, 6) is 0.0562. The molecule has 17 heavy (non-hydrogen) atoms. The Morgan fingerprint density at radius 3 is 2.59 bits per heavy atom. The number of rotatable bonds is 2. The normalized spacial score (nSPS) is 24.4. The van der Waals surface area contributed by atoms with E-state index in [2.05, 4.69) is 0 Å². The van der Waals surface area contributed by atoms with Gasteiger partial charge < -0.3 is 4.74 Å².